The molecule has 0 fully saturated rings. The van der Waals surface area contributed by atoms with Gasteiger partial charge in [0.05, 0.1) is 19.9 Å². The molecule has 0 amide bonds. The summed E-state index contributed by atoms with van der Waals surface area (Å²) in [5.41, 5.74) is 1.79. The molecular formula is C22H29N3O3S. The fraction of sp³-hybridized carbons (Fsp3) is 0.318. The molecule has 0 unspecified atom stereocenters. The van der Waals surface area contributed by atoms with E-state index in [1.165, 1.54) is 25.2 Å². The number of methoxy groups -OCH3 is 2. The highest BCUT2D eigenvalue weighted by Crippen LogP contribution is 2.21. The first-order valence-corrected chi connectivity index (χ1v) is 9.83. The fourth-order valence-corrected chi connectivity index (χ4v) is 2.34. The highest BCUT2D eigenvalue weighted by Gasteiger charge is 2.07. The van der Waals surface area contributed by atoms with Crippen LogP contribution in [0.25, 0.3) is 4.91 Å². The summed E-state index contributed by atoms with van der Waals surface area (Å²) in [5, 5.41) is 3.26. The molecule has 0 aliphatic rings. The van der Waals surface area contributed by atoms with Gasteiger partial charge in [-0.1, -0.05) is 38.5 Å². The average Bonchev–Trinajstić information content (AvgIpc) is 2.74. The lowest BCUT2D eigenvalue weighted by atomic mass is 10.1. The maximum absolute atomic E-state index is 10.3. The molecule has 7 heteroatoms. The number of rotatable bonds is 9. The Kier molecular flexibility index (Phi) is 11.9. The van der Waals surface area contributed by atoms with Gasteiger partial charge < -0.3 is 14.8 Å². The van der Waals surface area contributed by atoms with Crippen LogP contribution < -0.4 is 14.8 Å². The topological polar surface area (TPSA) is 73.3 Å². The molecule has 0 saturated carbocycles. The molecule has 1 aromatic heterocycles. The van der Waals surface area contributed by atoms with Crippen LogP contribution in [0.15, 0.2) is 48.6 Å². The third-order valence-corrected chi connectivity index (χ3v) is 3.85. The van der Waals surface area contributed by atoms with E-state index in [0.29, 0.717) is 29.2 Å². The Bertz CT molecular complexity index is 805. The molecule has 1 heterocycles. The van der Waals surface area contributed by atoms with E-state index < -0.39 is 0 Å². The molecule has 1 N–H and O–H groups in total. The Hall–Kier alpha value is -2.80. The van der Waals surface area contributed by atoms with E-state index in [4.69, 9.17) is 9.47 Å². The summed E-state index contributed by atoms with van der Waals surface area (Å²) < 4.78 is 10.3. The zero-order valence-corrected chi connectivity index (χ0v) is 18.3. The standard InChI is InChI=1S/C19H21N3O3S.C3H8/c1-24-15-8-6-14(7-9-15)10-11-20-18-13-16(21-19(22-18)25-2)17(26)5-3-4-12-23;1-3-2/h3-9,12-13,26H,10-11H2,1-2H3,(H,20,21,22);3H2,1-2H3/b4-3+,17-5-;. The lowest BCUT2D eigenvalue weighted by Crippen LogP contribution is -2.08. The number of benzene rings is 1. The molecule has 2 aromatic rings. The number of carbonyl (C=O) groups is 1. The Morgan fingerprint density at radius 2 is 1.79 bits per heavy atom. The van der Waals surface area contributed by atoms with Crippen molar-refractivity contribution in [3.05, 3.63) is 59.8 Å². The van der Waals surface area contributed by atoms with E-state index in [-0.39, 0.29) is 6.01 Å². The van der Waals surface area contributed by atoms with Gasteiger partial charge in [-0.15, -0.1) is 12.6 Å². The van der Waals surface area contributed by atoms with Gasteiger partial charge in [0.1, 0.15) is 17.9 Å². The second-order valence-corrected chi connectivity index (χ2v) is 6.41. The second-order valence-electron chi connectivity index (χ2n) is 5.93. The monoisotopic (exact) mass is 415 g/mol. The summed E-state index contributed by atoms with van der Waals surface area (Å²) in [5.74, 6) is 1.48. The minimum Gasteiger partial charge on any atom is -0.497 e. The van der Waals surface area contributed by atoms with Crippen LogP contribution in [0.4, 0.5) is 5.82 Å². The smallest absolute Gasteiger partial charge is 0.318 e. The number of aldehydes is 1. The molecule has 6 nitrogen and oxygen atoms in total. The van der Waals surface area contributed by atoms with Gasteiger partial charge in [-0.05, 0) is 36.3 Å². The number of aromatic nitrogens is 2. The highest BCUT2D eigenvalue weighted by molar-refractivity contribution is 7.90. The number of allylic oxidation sites excluding steroid dienone is 3. The van der Waals surface area contributed by atoms with Crippen molar-refractivity contribution in [3.8, 4) is 11.8 Å². The summed E-state index contributed by atoms with van der Waals surface area (Å²) in [7, 11) is 3.16. The zero-order chi connectivity index (χ0) is 21.5. The van der Waals surface area contributed by atoms with Crippen molar-refractivity contribution < 1.29 is 14.3 Å². The van der Waals surface area contributed by atoms with E-state index in [0.717, 1.165) is 12.2 Å². The van der Waals surface area contributed by atoms with Crippen molar-refractivity contribution in [3.63, 3.8) is 0 Å². The van der Waals surface area contributed by atoms with E-state index in [9.17, 15) is 4.79 Å². The number of hydrogen-bond donors (Lipinski definition) is 2. The van der Waals surface area contributed by atoms with Gasteiger partial charge in [-0.3, -0.25) is 4.79 Å². The van der Waals surface area contributed by atoms with Gasteiger partial charge in [0.2, 0.25) is 0 Å². The predicted octanol–water partition coefficient (Wildman–Crippen LogP) is 4.59. The average molecular weight is 416 g/mol. The number of ether oxygens (including phenoxy) is 2. The SMILES string of the molecule is CCC.COc1ccc(CCNc2cc(/C(S)=C/C=C/C=O)nc(OC)n2)cc1. The Labute approximate surface area is 178 Å². The minimum absolute atomic E-state index is 0.244. The zero-order valence-electron chi connectivity index (χ0n) is 17.4. The van der Waals surface area contributed by atoms with Crippen molar-refractivity contribution in [2.24, 2.45) is 0 Å². The molecule has 0 spiro atoms. The second kappa shape index (κ2) is 14.2. The van der Waals surface area contributed by atoms with E-state index in [2.05, 4.69) is 41.8 Å². The van der Waals surface area contributed by atoms with Crippen LogP contribution in [0.3, 0.4) is 0 Å². The van der Waals surface area contributed by atoms with Crippen molar-refractivity contribution in [2.75, 3.05) is 26.1 Å². The number of nitrogens with zero attached hydrogens (tertiary/aromatic N) is 2. The minimum atomic E-state index is 0.244. The van der Waals surface area contributed by atoms with E-state index >= 15 is 0 Å². The molecule has 0 atom stereocenters. The molecule has 0 saturated heterocycles. The molecule has 0 bridgehead atoms. The first-order chi connectivity index (χ1) is 14.1. The quantitative estimate of drug-likeness (QED) is 0.270. The molecule has 29 heavy (non-hydrogen) atoms. The van der Waals surface area contributed by atoms with E-state index in [1.54, 1.807) is 25.3 Å². The number of carbonyl (C=O) groups excluding carboxylic acids is 1. The van der Waals surface area contributed by atoms with Crippen molar-refractivity contribution in [2.45, 2.75) is 26.7 Å². The fourth-order valence-electron chi connectivity index (χ4n) is 2.14. The van der Waals surface area contributed by atoms with Gasteiger partial charge in [0.15, 0.2) is 0 Å². The van der Waals surface area contributed by atoms with Gasteiger partial charge >= 0.3 is 6.01 Å². The normalized spacial score (nSPS) is 10.9. The van der Waals surface area contributed by atoms with E-state index in [1.807, 2.05) is 24.3 Å². The maximum atomic E-state index is 10.3. The first-order valence-electron chi connectivity index (χ1n) is 9.39. The molecule has 0 aliphatic heterocycles. The molecule has 1 aromatic carbocycles. The van der Waals surface area contributed by atoms with Crippen LogP contribution in [0.1, 0.15) is 31.5 Å². The van der Waals surface area contributed by atoms with Gasteiger partial charge in [0.25, 0.3) is 0 Å². The largest absolute Gasteiger partial charge is 0.497 e. The van der Waals surface area contributed by atoms with Crippen LogP contribution >= 0.6 is 12.6 Å². The Morgan fingerprint density at radius 3 is 2.38 bits per heavy atom. The first kappa shape index (κ1) is 24.2. The van der Waals surface area contributed by atoms with Gasteiger partial charge in [-0.25, -0.2) is 0 Å². The molecule has 0 radical (unpaired) electrons. The lowest BCUT2D eigenvalue weighted by Gasteiger charge is -2.09. The van der Waals surface area contributed by atoms with Crippen molar-refractivity contribution in [1.29, 1.82) is 0 Å². The number of nitrogens with one attached hydrogen (secondary N) is 1. The highest BCUT2D eigenvalue weighted by atomic mass is 32.1. The van der Waals surface area contributed by atoms with Crippen LogP contribution in [0, 0.1) is 0 Å². The van der Waals surface area contributed by atoms with Crippen LogP contribution in [-0.4, -0.2) is 37.0 Å². The summed E-state index contributed by atoms with van der Waals surface area (Å²) in [6.45, 7) is 4.95. The lowest BCUT2D eigenvalue weighted by molar-refractivity contribution is -0.104. The van der Waals surface area contributed by atoms with Crippen LogP contribution in [0.5, 0.6) is 11.8 Å². The maximum Gasteiger partial charge on any atom is 0.318 e. The Balaban J connectivity index is 0.00000132. The predicted molar refractivity (Wildman–Crippen MR) is 122 cm³/mol. The van der Waals surface area contributed by atoms with Crippen molar-refractivity contribution >= 4 is 29.6 Å². The summed E-state index contributed by atoms with van der Waals surface area (Å²) in [6.07, 6.45) is 7.44. The van der Waals surface area contributed by atoms with Crippen LogP contribution in [0.2, 0.25) is 0 Å². The number of anilines is 1. The Morgan fingerprint density at radius 1 is 1.10 bits per heavy atom. The van der Waals surface area contributed by atoms with Crippen LogP contribution in [-0.2, 0) is 11.2 Å². The summed E-state index contributed by atoms with van der Waals surface area (Å²) >= 11 is 4.40. The molecule has 2 rings (SSSR count). The number of hydrogen-bond acceptors (Lipinski definition) is 7. The van der Waals surface area contributed by atoms with Crippen molar-refractivity contribution in [1.82, 2.24) is 9.97 Å². The molecular weight excluding hydrogens is 386 g/mol. The summed E-state index contributed by atoms with van der Waals surface area (Å²) in [4.78, 5) is 19.5. The third kappa shape index (κ3) is 9.30. The molecule has 156 valence electrons. The summed E-state index contributed by atoms with van der Waals surface area (Å²) in [6, 6.07) is 9.96. The number of thiol groups is 1. The van der Waals surface area contributed by atoms with Gasteiger partial charge in [-0.2, -0.15) is 9.97 Å². The molecule has 0 aliphatic carbocycles. The third-order valence-electron chi connectivity index (χ3n) is 3.47. The van der Waals surface area contributed by atoms with Gasteiger partial charge in [0, 0.05) is 17.5 Å².